The van der Waals surface area contributed by atoms with Gasteiger partial charge in [-0.3, -0.25) is 9.36 Å². The number of hydrogen-bond donors (Lipinski definition) is 0. The minimum atomic E-state index is -0.0107. The molecule has 0 amide bonds. The fourth-order valence-corrected chi connectivity index (χ4v) is 3.17. The van der Waals surface area contributed by atoms with E-state index >= 15 is 0 Å². The number of thiazole rings is 1. The SMILES string of the molecule is CSc1nc2c(=O)n(C)c(C3CC3)nc2s1. The average molecular weight is 253 g/mol. The van der Waals surface area contributed by atoms with Gasteiger partial charge in [-0.15, -0.1) is 0 Å². The van der Waals surface area contributed by atoms with Crippen molar-refractivity contribution in [2.45, 2.75) is 23.1 Å². The van der Waals surface area contributed by atoms with E-state index in [0.29, 0.717) is 11.4 Å². The molecule has 1 saturated carbocycles. The molecule has 0 aliphatic heterocycles. The van der Waals surface area contributed by atoms with Crippen LogP contribution in [0, 0.1) is 0 Å². The average Bonchev–Trinajstić information content (AvgIpc) is 3.03. The zero-order valence-electron chi connectivity index (χ0n) is 9.06. The van der Waals surface area contributed by atoms with Crippen molar-refractivity contribution in [3.8, 4) is 0 Å². The summed E-state index contributed by atoms with van der Waals surface area (Å²) in [4.78, 5) is 21.7. The summed E-state index contributed by atoms with van der Waals surface area (Å²) < 4.78 is 2.57. The van der Waals surface area contributed by atoms with Crippen molar-refractivity contribution >= 4 is 33.4 Å². The molecule has 16 heavy (non-hydrogen) atoms. The first kappa shape index (κ1) is 10.3. The maximum absolute atomic E-state index is 12.1. The Bertz CT molecular complexity index is 612. The number of fused-ring (bicyclic) bond motifs is 1. The largest absolute Gasteiger partial charge is 0.298 e. The van der Waals surface area contributed by atoms with Gasteiger partial charge in [0.25, 0.3) is 5.56 Å². The summed E-state index contributed by atoms with van der Waals surface area (Å²) in [5.41, 5.74) is 0.504. The lowest BCUT2D eigenvalue weighted by molar-refractivity contribution is 0.744. The lowest BCUT2D eigenvalue weighted by atomic mass is 10.3. The second-order valence-corrected chi connectivity index (χ2v) is 5.98. The smallest absolute Gasteiger partial charge is 0.280 e. The third-order valence-corrected chi connectivity index (χ3v) is 4.71. The monoisotopic (exact) mass is 253 g/mol. The highest BCUT2D eigenvalue weighted by Gasteiger charge is 2.29. The van der Waals surface area contributed by atoms with Crippen LogP contribution in [-0.4, -0.2) is 20.8 Å². The van der Waals surface area contributed by atoms with Crippen LogP contribution in [0.3, 0.4) is 0 Å². The van der Waals surface area contributed by atoms with Gasteiger partial charge in [-0.25, -0.2) is 9.97 Å². The standard InChI is InChI=1S/C10H11N3OS2/c1-13-7(5-3-4-5)12-8-6(9(13)14)11-10(15-2)16-8/h5H,3-4H2,1-2H3. The summed E-state index contributed by atoms with van der Waals surface area (Å²) in [6.45, 7) is 0. The molecule has 0 saturated heterocycles. The highest BCUT2D eigenvalue weighted by atomic mass is 32.2. The van der Waals surface area contributed by atoms with Crippen LogP contribution in [0.15, 0.2) is 9.13 Å². The van der Waals surface area contributed by atoms with Crippen molar-refractivity contribution in [1.82, 2.24) is 14.5 Å². The van der Waals surface area contributed by atoms with Crippen molar-refractivity contribution in [3.05, 3.63) is 16.2 Å². The molecule has 0 aromatic carbocycles. The molecule has 6 heteroatoms. The van der Waals surface area contributed by atoms with Crippen LogP contribution in [0.25, 0.3) is 10.3 Å². The van der Waals surface area contributed by atoms with Crippen LogP contribution in [0.1, 0.15) is 24.6 Å². The summed E-state index contributed by atoms with van der Waals surface area (Å²) in [5.74, 6) is 1.41. The third-order valence-electron chi connectivity index (χ3n) is 2.77. The van der Waals surface area contributed by atoms with Gasteiger partial charge in [0.2, 0.25) is 0 Å². The van der Waals surface area contributed by atoms with Gasteiger partial charge >= 0.3 is 0 Å². The normalized spacial score (nSPS) is 15.9. The van der Waals surface area contributed by atoms with E-state index in [0.717, 1.165) is 27.8 Å². The van der Waals surface area contributed by atoms with Crippen molar-refractivity contribution < 1.29 is 0 Å². The fraction of sp³-hybridized carbons (Fsp3) is 0.500. The van der Waals surface area contributed by atoms with E-state index in [9.17, 15) is 4.79 Å². The first-order chi connectivity index (χ1) is 7.70. The first-order valence-electron chi connectivity index (χ1n) is 5.12. The molecule has 2 aromatic rings. The van der Waals surface area contributed by atoms with E-state index in [1.54, 1.807) is 23.4 Å². The summed E-state index contributed by atoms with van der Waals surface area (Å²) in [5, 5.41) is 0. The van der Waals surface area contributed by atoms with Crippen molar-refractivity contribution in [3.63, 3.8) is 0 Å². The number of nitrogens with zero attached hydrogens (tertiary/aromatic N) is 3. The zero-order valence-corrected chi connectivity index (χ0v) is 10.7. The molecule has 0 bridgehead atoms. The van der Waals surface area contributed by atoms with Gasteiger partial charge in [-0.2, -0.15) is 0 Å². The van der Waals surface area contributed by atoms with Crippen LogP contribution < -0.4 is 5.56 Å². The highest BCUT2D eigenvalue weighted by molar-refractivity contribution is 8.00. The second-order valence-electron chi connectivity index (χ2n) is 3.95. The second kappa shape index (κ2) is 3.56. The van der Waals surface area contributed by atoms with Crippen LogP contribution in [0.2, 0.25) is 0 Å². The van der Waals surface area contributed by atoms with Gasteiger partial charge in [-0.1, -0.05) is 23.1 Å². The maximum Gasteiger partial charge on any atom is 0.280 e. The molecular formula is C10H11N3OS2. The lowest BCUT2D eigenvalue weighted by Gasteiger charge is -2.04. The lowest BCUT2D eigenvalue weighted by Crippen LogP contribution is -2.21. The number of aromatic nitrogens is 3. The van der Waals surface area contributed by atoms with E-state index in [1.165, 1.54) is 11.3 Å². The Morgan fingerprint density at radius 3 is 2.81 bits per heavy atom. The number of rotatable bonds is 2. The summed E-state index contributed by atoms with van der Waals surface area (Å²) in [7, 11) is 1.79. The summed E-state index contributed by atoms with van der Waals surface area (Å²) in [6, 6.07) is 0. The number of hydrogen-bond acceptors (Lipinski definition) is 5. The molecule has 1 aliphatic rings. The molecule has 1 fully saturated rings. The van der Waals surface area contributed by atoms with E-state index < -0.39 is 0 Å². The van der Waals surface area contributed by atoms with Crippen molar-refractivity contribution in [2.24, 2.45) is 7.05 Å². The van der Waals surface area contributed by atoms with E-state index in [4.69, 9.17) is 0 Å². The van der Waals surface area contributed by atoms with Crippen LogP contribution in [0.4, 0.5) is 0 Å². The van der Waals surface area contributed by atoms with Gasteiger partial charge in [-0.05, 0) is 19.1 Å². The Balaban J connectivity index is 2.31. The van der Waals surface area contributed by atoms with Gasteiger partial charge in [0.05, 0.1) is 0 Å². The van der Waals surface area contributed by atoms with Crippen molar-refractivity contribution in [1.29, 1.82) is 0 Å². The number of thioether (sulfide) groups is 1. The fourth-order valence-electron chi connectivity index (χ4n) is 1.74. The van der Waals surface area contributed by atoms with Crippen molar-refractivity contribution in [2.75, 3.05) is 6.26 Å². The van der Waals surface area contributed by atoms with Crippen LogP contribution in [0.5, 0.6) is 0 Å². The highest BCUT2D eigenvalue weighted by Crippen LogP contribution is 2.39. The Morgan fingerprint density at radius 1 is 1.44 bits per heavy atom. The molecule has 1 aliphatic carbocycles. The molecule has 0 spiro atoms. The molecule has 0 atom stereocenters. The van der Waals surface area contributed by atoms with Crippen LogP contribution in [-0.2, 0) is 7.05 Å². The topological polar surface area (TPSA) is 47.8 Å². The van der Waals surface area contributed by atoms with Gasteiger partial charge in [0.15, 0.2) is 14.7 Å². The molecule has 4 nitrogen and oxygen atoms in total. The Hall–Kier alpha value is -0.880. The minimum absolute atomic E-state index is 0.0107. The zero-order chi connectivity index (χ0) is 11.3. The summed E-state index contributed by atoms with van der Waals surface area (Å²) >= 11 is 3.07. The van der Waals surface area contributed by atoms with E-state index in [-0.39, 0.29) is 5.56 Å². The van der Waals surface area contributed by atoms with E-state index in [1.807, 2.05) is 6.26 Å². The molecule has 2 aromatic heterocycles. The Labute approximate surface area is 101 Å². The molecular weight excluding hydrogens is 242 g/mol. The summed E-state index contributed by atoms with van der Waals surface area (Å²) in [6.07, 6.45) is 4.27. The maximum atomic E-state index is 12.1. The molecule has 2 heterocycles. The first-order valence-corrected chi connectivity index (χ1v) is 7.16. The van der Waals surface area contributed by atoms with E-state index in [2.05, 4.69) is 9.97 Å². The van der Waals surface area contributed by atoms with Gasteiger partial charge < -0.3 is 0 Å². The molecule has 0 N–H and O–H groups in total. The Morgan fingerprint density at radius 2 is 2.19 bits per heavy atom. The molecule has 0 unspecified atom stereocenters. The van der Waals surface area contributed by atoms with Crippen LogP contribution >= 0.6 is 23.1 Å². The predicted molar refractivity (Wildman–Crippen MR) is 66.4 cm³/mol. The third kappa shape index (κ3) is 1.48. The molecule has 84 valence electrons. The quantitative estimate of drug-likeness (QED) is 0.768. The molecule has 0 radical (unpaired) electrons. The minimum Gasteiger partial charge on any atom is -0.298 e. The van der Waals surface area contributed by atoms with Gasteiger partial charge in [0.1, 0.15) is 5.82 Å². The van der Waals surface area contributed by atoms with Gasteiger partial charge in [0, 0.05) is 13.0 Å². The Kier molecular flexibility index (Phi) is 2.29. The molecule has 3 rings (SSSR count). The predicted octanol–water partition coefficient (Wildman–Crippen LogP) is 1.99.